The molecule has 6 heteroatoms. The van der Waals surface area contributed by atoms with Gasteiger partial charge in [0.2, 0.25) is 0 Å². The summed E-state index contributed by atoms with van der Waals surface area (Å²) in [4.78, 5) is 14.0. The monoisotopic (exact) mass is 402 g/mol. The molecule has 0 aromatic heterocycles. The number of carbonyl (C=O) groups is 1. The Morgan fingerprint density at radius 1 is 1.18 bits per heavy atom. The van der Waals surface area contributed by atoms with Gasteiger partial charge in [-0.15, -0.1) is 0 Å². The third kappa shape index (κ3) is 5.88. The lowest BCUT2D eigenvalue weighted by atomic mass is 10.1. The molecule has 1 atom stereocenters. The molecule has 0 saturated carbocycles. The lowest BCUT2D eigenvalue weighted by Crippen LogP contribution is -2.44. The van der Waals surface area contributed by atoms with Crippen LogP contribution in [0.3, 0.4) is 0 Å². The molecule has 1 amide bonds. The van der Waals surface area contributed by atoms with E-state index in [2.05, 4.69) is 5.32 Å². The molecular weight excluding hydrogens is 376 g/mol. The second kappa shape index (κ2) is 8.84. The summed E-state index contributed by atoms with van der Waals surface area (Å²) in [7, 11) is 0. The summed E-state index contributed by atoms with van der Waals surface area (Å²) >= 11 is 5.92. The Kier molecular flexibility index (Phi) is 6.47. The lowest BCUT2D eigenvalue weighted by molar-refractivity contribution is -0.0432. The van der Waals surface area contributed by atoms with E-state index in [0.717, 1.165) is 28.4 Å². The predicted molar refractivity (Wildman–Crippen MR) is 112 cm³/mol. The highest BCUT2D eigenvalue weighted by Crippen LogP contribution is 2.25. The molecule has 1 unspecified atom stereocenters. The van der Waals surface area contributed by atoms with Crippen molar-refractivity contribution in [1.29, 1.82) is 0 Å². The molecule has 1 aliphatic rings. The number of nitrogens with zero attached hydrogens (tertiary/aromatic N) is 1. The van der Waals surface area contributed by atoms with Crippen LogP contribution >= 0.6 is 11.6 Å². The SMILES string of the molecule is CC(C)(C)OC(=O)N1CCOC(c2ccc(NCc3ccc(Cl)cc3)cc2)C1. The van der Waals surface area contributed by atoms with Crippen molar-refractivity contribution < 1.29 is 14.3 Å². The van der Waals surface area contributed by atoms with Gasteiger partial charge in [0.1, 0.15) is 11.7 Å². The van der Waals surface area contributed by atoms with E-state index < -0.39 is 5.60 Å². The molecule has 2 aromatic rings. The minimum atomic E-state index is -0.498. The van der Waals surface area contributed by atoms with Crippen molar-refractivity contribution >= 4 is 23.4 Å². The van der Waals surface area contributed by atoms with Crippen molar-refractivity contribution in [2.75, 3.05) is 25.0 Å². The minimum absolute atomic E-state index is 0.147. The quantitative estimate of drug-likeness (QED) is 0.757. The fraction of sp³-hybridized carbons (Fsp3) is 0.409. The molecule has 1 heterocycles. The first-order valence-electron chi connectivity index (χ1n) is 9.48. The zero-order valence-corrected chi connectivity index (χ0v) is 17.3. The predicted octanol–water partition coefficient (Wildman–Crippen LogP) is 5.26. The second-order valence-corrected chi connectivity index (χ2v) is 8.32. The highest BCUT2D eigenvalue weighted by atomic mass is 35.5. The Morgan fingerprint density at radius 3 is 2.50 bits per heavy atom. The van der Waals surface area contributed by atoms with E-state index in [1.165, 1.54) is 0 Å². The zero-order chi connectivity index (χ0) is 20.1. The van der Waals surface area contributed by atoms with Gasteiger partial charge < -0.3 is 19.7 Å². The van der Waals surface area contributed by atoms with Crippen LogP contribution in [0.4, 0.5) is 10.5 Å². The van der Waals surface area contributed by atoms with Gasteiger partial charge in [0.15, 0.2) is 0 Å². The highest BCUT2D eigenvalue weighted by molar-refractivity contribution is 6.30. The van der Waals surface area contributed by atoms with Gasteiger partial charge in [-0.1, -0.05) is 35.9 Å². The van der Waals surface area contributed by atoms with Gasteiger partial charge in [0.25, 0.3) is 0 Å². The van der Waals surface area contributed by atoms with Crippen LogP contribution in [0.15, 0.2) is 48.5 Å². The Morgan fingerprint density at radius 2 is 1.86 bits per heavy atom. The number of hydrogen-bond acceptors (Lipinski definition) is 4. The maximum Gasteiger partial charge on any atom is 0.410 e. The van der Waals surface area contributed by atoms with Crippen molar-refractivity contribution in [3.05, 3.63) is 64.7 Å². The largest absolute Gasteiger partial charge is 0.444 e. The molecule has 2 aromatic carbocycles. The molecule has 0 spiro atoms. The first kappa shape index (κ1) is 20.5. The molecule has 0 aliphatic carbocycles. The molecule has 1 saturated heterocycles. The van der Waals surface area contributed by atoms with E-state index in [4.69, 9.17) is 21.1 Å². The molecule has 1 aliphatic heterocycles. The first-order chi connectivity index (χ1) is 13.3. The van der Waals surface area contributed by atoms with E-state index in [0.29, 0.717) is 19.7 Å². The van der Waals surface area contributed by atoms with Gasteiger partial charge in [0, 0.05) is 23.8 Å². The van der Waals surface area contributed by atoms with Crippen LogP contribution in [0.1, 0.15) is 38.0 Å². The number of halogens is 1. The number of benzene rings is 2. The lowest BCUT2D eigenvalue weighted by Gasteiger charge is -2.34. The van der Waals surface area contributed by atoms with Gasteiger partial charge in [0.05, 0.1) is 13.2 Å². The van der Waals surface area contributed by atoms with Crippen LogP contribution in [-0.4, -0.2) is 36.3 Å². The van der Waals surface area contributed by atoms with E-state index in [1.807, 2.05) is 69.3 Å². The minimum Gasteiger partial charge on any atom is -0.444 e. The number of carbonyl (C=O) groups excluding carboxylic acids is 1. The molecule has 1 fully saturated rings. The summed E-state index contributed by atoms with van der Waals surface area (Å²) in [5.74, 6) is 0. The molecule has 150 valence electrons. The van der Waals surface area contributed by atoms with Gasteiger partial charge in [-0.25, -0.2) is 4.79 Å². The summed E-state index contributed by atoms with van der Waals surface area (Å²) in [6.45, 7) is 7.89. The molecule has 3 rings (SSSR count). The zero-order valence-electron chi connectivity index (χ0n) is 16.6. The van der Waals surface area contributed by atoms with Crippen LogP contribution in [0.25, 0.3) is 0 Å². The summed E-state index contributed by atoms with van der Waals surface area (Å²) in [5, 5.41) is 4.13. The standard InChI is InChI=1S/C22H27ClN2O3/c1-22(2,3)28-21(26)25-12-13-27-20(15-25)17-6-10-19(11-7-17)24-14-16-4-8-18(23)9-5-16/h4-11,20,24H,12-15H2,1-3H3. The molecule has 5 nitrogen and oxygen atoms in total. The summed E-state index contributed by atoms with van der Waals surface area (Å²) in [5.41, 5.74) is 2.74. The highest BCUT2D eigenvalue weighted by Gasteiger charge is 2.28. The molecule has 28 heavy (non-hydrogen) atoms. The van der Waals surface area contributed by atoms with E-state index in [-0.39, 0.29) is 12.2 Å². The third-order valence-corrected chi connectivity index (χ3v) is 4.66. The smallest absolute Gasteiger partial charge is 0.410 e. The first-order valence-corrected chi connectivity index (χ1v) is 9.86. The van der Waals surface area contributed by atoms with Crippen molar-refractivity contribution in [1.82, 2.24) is 4.90 Å². The topological polar surface area (TPSA) is 50.8 Å². The van der Waals surface area contributed by atoms with Crippen LogP contribution in [0.5, 0.6) is 0 Å². The number of ether oxygens (including phenoxy) is 2. The van der Waals surface area contributed by atoms with E-state index in [1.54, 1.807) is 4.90 Å². The number of morpholine rings is 1. The fourth-order valence-electron chi connectivity index (χ4n) is 2.97. The van der Waals surface area contributed by atoms with Crippen molar-refractivity contribution in [3.8, 4) is 0 Å². The van der Waals surface area contributed by atoms with Gasteiger partial charge >= 0.3 is 6.09 Å². The normalized spacial score (nSPS) is 17.3. The Labute approximate surface area is 171 Å². The molecule has 0 bridgehead atoms. The number of rotatable bonds is 4. The van der Waals surface area contributed by atoms with E-state index in [9.17, 15) is 4.79 Å². The van der Waals surface area contributed by atoms with Crippen LogP contribution in [0.2, 0.25) is 5.02 Å². The second-order valence-electron chi connectivity index (χ2n) is 7.89. The average molecular weight is 403 g/mol. The maximum atomic E-state index is 12.3. The molecule has 1 N–H and O–H groups in total. The van der Waals surface area contributed by atoms with Gasteiger partial charge in [-0.2, -0.15) is 0 Å². The molecule has 0 radical (unpaired) electrons. The fourth-order valence-corrected chi connectivity index (χ4v) is 3.09. The number of anilines is 1. The van der Waals surface area contributed by atoms with Crippen molar-refractivity contribution in [2.45, 2.75) is 39.0 Å². The van der Waals surface area contributed by atoms with Crippen LogP contribution < -0.4 is 5.32 Å². The van der Waals surface area contributed by atoms with Crippen molar-refractivity contribution in [2.24, 2.45) is 0 Å². The van der Waals surface area contributed by atoms with Gasteiger partial charge in [-0.05, 0) is 56.2 Å². The Hall–Kier alpha value is -2.24. The van der Waals surface area contributed by atoms with Crippen LogP contribution in [0, 0.1) is 0 Å². The summed E-state index contributed by atoms with van der Waals surface area (Å²) in [6, 6.07) is 15.9. The Bertz CT molecular complexity index is 785. The summed E-state index contributed by atoms with van der Waals surface area (Å²) < 4.78 is 11.3. The number of nitrogens with one attached hydrogen (secondary N) is 1. The van der Waals surface area contributed by atoms with Crippen LogP contribution in [-0.2, 0) is 16.0 Å². The number of amides is 1. The van der Waals surface area contributed by atoms with E-state index >= 15 is 0 Å². The van der Waals surface area contributed by atoms with Gasteiger partial charge in [-0.3, -0.25) is 0 Å². The molecular formula is C22H27ClN2O3. The third-order valence-electron chi connectivity index (χ3n) is 4.41. The Balaban J connectivity index is 1.56. The maximum absolute atomic E-state index is 12.3. The van der Waals surface area contributed by atoms with Crippen molar-refractivity contribution in [3.63, 3.8) is 0 Å². The summed E-state index contributed by atoms with van der Waals surface area (Å²) in [6.07, 6.45) is -0.436. The average Bonchev–Trinajstić information content (AvgIpc) is 2.67. The number of hydrogen-bond donors (Lipinski definition) is 1.